The van der Waals surface area contributed by atoms with Crippen molar-refractivity contribution in [2.75, 3.05) is 5.32 Å². The number of ether oxygens (including phenoxy) is 1. The molecule has 10 bridgehead atoms. The van der Waals surface area contributed by atoms with Crippen molar-refractivity contribution in [1.29, 1.82) is 0 Å². The molecule has 7 heterocycles. The lowest BCUT2D eigenvalue weighted by molar-refractivity contribution is -0.122. The van der Waals surface area contributed by atoms with Crippen LogP contribution in [0, 0.1) is 0 Å². The predicted molar refractivity (Wildman–Crippen MR) is 159 cm³/mol. The van der Waals surface area contributed by atoms with E-state index in [1.165, 1.54) is 0 Å². The zero-order chi connectivity index (χ0) is 28.4. The second kappa shape index (κ2) is 7.95. The van der Waals surface area contributed by atoms with Crippen molar-refractivity contribution >= 4 is 22.5 Å². The molecule has 1 spiro atoms. The number of carbonyl (C=O) groups is 1. The van der Waals surface area contributed by atoms with E-state index in [0.717, 1.165) is 55.7 Å². The SMILES string of the molecule is CCC1NC(=O)CCc2ccc3c(c2)C24c5cccc(c5NC2O3)-c2cccc3[nH]cc(c23)-c2cnc(o2)-c2nc1oc24. The number of aromatic nitrogens is 3. The molecule has 0 fully saturated rings. The molecule has 9 nitrogen and oxygen atoms in total. The van der Waals surface area contributed by atoms with E-state index in [1.807, 2.05) is 25.3 Å². The molecular weight excluding hydrogens is 542 g/mol. The van der Waals surface area contributed by atoms with E-state index in [0.29, 0.717) is 48.3 Å². The lowest BCUT2D eigenvalue weighted by Gasteiger charge is -2.27. The van der Waals surface area contributed by atoms with Crippen LogP contribution in [0.4, 0.5) is 5.69 Å². The standard InChI is InChI=1S/C34H25N5O4/c1-2-22-31-38-29-30(43-31)34-20-7-3-6-18(17-5-4-8-23-27(17)19(14-35-23)25-15-36-32(29)41-25)28(20)39-33(34)42-24-11-9-16(13-21(24)34)10-12-26(40)37-22/h3-9,11,13-15,22,33,35,39H,2,10,12H2,1H3,(H,37,40). The summed E-state index contributed by atoms with van der Waals surface area (Å²) in [5.74, 6) is 2.71. The number of fused-ring (bicyclic) bond motifs is 7. The Labute approximate surface area is 245 Å². The number of benzene rings is 3. The molecule has 4 aliphatic heterocycles. The van der Waals surface area contributed by atoms with E-state index >= 15 is 0 Å². The molecule has 3 aromatic heterocycles. The maximum Gasteiger partial charge on any atom is 0.249 e. The summed E-state index contributed by atoms with van der Waals surface area (Å²) in [6.45, 7) is 2.01. The van der Waals surface area contributed by atoms with Gasteiger partial charge in [-0.2, -0.15) is 0 Å². The van der Waals surface area contributed by atoms with Crippen molar-refractivity contribution in [3.05, 3.63) is 95.3 Å². The first-order valence-corrected chi connectivity index (χ1v) is 14.7. The summed E-state index contributed by atoms with van der Waals surface area (Å²) in [4.78, 5) is 26.3. The Balaban J connectivity index is 1.39. The van der Waals surface area contributed by atoms with Gasteiger partial charge < -0.3 is 29.2 Å². The average Bonchev–Trinajstić information content (AvgIpc) is 3.83. The van der Waals surface area contributed by atoms with E-state index in [-0.39, 0.29) is 5.91 Å². The first kappa shape index (κ1) is 23.3. The van der Waals surface area contributed by atoms with Gasteiger partial charge in [-0.05, 0) is 36.1 Å². The number of rotatable bonds is 1. The summed E-state index contributed by atoms with van der Waals surface area (Å²) >= 11 is 0. The van der Waals surface area contributed by atoms with Gasteiger partial charge in [0.05, 0.1) is 6.20 Å². The van der Waals surface area contributed by atoms with E-state index in [4.69, 9.17) is 23.5 Å². The van der Waals surface area contributed by atoms with Crippen LogP contribution in [0.3, 0.4) is 0 Å². The van der Waals surface area contributed by atoms with Crippen LogP contribution in [0.15, 0.2) is 75.8 Å². The van der Waals surface area contributed by atoms with Crippen LogP contribution in [-0.4, -0.2) is 27.1 Å². The van der Waals surface area contributed by atoms with Crippen LogP contribution in [0.1, 0.15) is 54.1 Å². The van der Waals surface area contributed by atoms with Crippen LogP contribution in [0.2, 0.25) is 0 Å². The Hall–Kier alpha value is -5.31. The number of aromatic amines is 1. The molecule has 43 heavy (non-hydrogen) atoms. The Morgan fingerprint density at radius 1 is 0.977 bits per heavy atom. The quantitative estimate of drug-likeness (QED) is 0.209. The predicted octanol–water partition coefficient (Wildman–Crippen LogP) is 6.45. The third-order valence-corrected chi connectivity index (χ3v) is 9.53. The first-order chi connectivity index (χ1) is 21.1. The molecule has 210 valence electrons. The topological polar surface area (TPSA) is 118 Å². The number of nitrogens with zero attached hydrogens (tertiary/aromatic N) is 2. The van der Waals surface area contributed by atoms with Gasteiger partial charge in [-0.15, -0.1) is 0 Å². The van der Waals surface area contributed by atoms with Crippen molar-refractivity contribution < 1.29 is 18.4 Å². The summed E-state index contributed by atoms with van der Waals surface area (Å²) in [5.41, 5.74) is 7.71. The molecule has 10 rings (SSSR count). The normalized spacial score (nSPS) is 22.2. The number of amides is 1. The molecule has 0 aliphatic carbocycles. The van der Waals surface area contributed by atoms with Crippen molar-refractivity contribution in [2.24, 2.45) is 0 Å². The number of H-pyrrole nitrogens is 1. The number of nitrogens with one attached hydrogen (secondary N) is 3. The number of aryl methyl sites for hydroxylation is 1. The molecule has 3 aromatic carbocycles. The number of carbonyl (C=O) groups excluding carboxylic acids is 1. The minimum atomic E-state index is -0.887. The lowest BCUT2D eigenvalue weighted by atomic mass is 9.72. The van der Waals surface area contributed by atoms with Crippen molar-refractivity contribution in [3.8, 4) is 39.8 Å². The third-order valence-electron chi connectivity index (χ3n) is 9.53. The summed E-state index contributed by atoms with van der Waals surface area (Å²) < 4.78 is 20.1. The maximum atomic E-state index is 13.0. The van der Waals surface area contributed by atoms with Gasteiger partial charge in [0.25, 0.3) is 0 Å². The van der Waals surface area contributed by atoms with Gasteiger partial charge in [0.15, 0.2) is 23.4 Å². The minimum Gasteiger partial charge on any atom is -0.469 e. The Kier molecular flexibility index (Phi) is 4.30. The van der Waals surface area contributed by atoms with Gasteiger partial charge >= 0.3 is 0 Å². The number of hydrogen-bond donors (Lipinski definition) is 3. The third kappa shape index (κ3) is 2.84. The van der Waals surface area contributed by atoms with Crippen molar-refractivity contribution in [2.45, 2.75) is 43.9 Å². The second-order valence-corrected chi connectivity index (χ2v) is 11.7. The average molecular weight is 568 g/mol. The molecule has 0 saturated carbocycles. The van der Waals surface area contributed by atoms with Gasteiger partial charge in [0, 0.05) is 51.5 Å². The summed E-state index contributed by atoms with van der Waals surface area (Å²) in [7, 11) is 0. The van der Waals surface area contributed by atoms with Crippen molar-refractivity contribution in [1.82, 2.24) is 20.3 Å². The highest BCUT2D eigenvalue weighted by Gasteiger charge is 2.61. The largest absolute Gasteiger partial charge is 0.469 e. The number of para-hydroxylation sites is 1. The second-order valence-electron chi connectivity index (χ2n) is 11.7. The smallest absolute Gasteiger partial charge is 0.249 e. The fourth-order valence-corrected chi connectivity index (χ4v) is 7.55. The summed E-state index contributed by atoms with van der Waals surface area (Å²) in [6.07, 6.45) is 4.78. The van der Waals surface area contributed by atoms with Crippen LogP contribution in [-0.2, 0) is 16.6 Å². The van der Waals surface area contributed by atoms with Gasteiger partial charge in [0.2, 0.25) is 17.7 Å². The number of oxazole rings is 2. The zero-order valence-corrected chi connectivity index (χ0v) is 23.2. The van der Waals surface area contributed by atoms with Crippen LogP contribution in [0.5, 0.6) is 5.75 Å². The molecular formula is C34H25N5O4. The van der Waals surface area contributed by atoms with E-state index in [2.05, 4.69) is 58.1 Å². The van der Waals surface area contributed by atoms with Gasteiger partial charge in [-0.25, -0.2) is 9.97 Å². The number of anilines is 1. The van der Waals surface area contributed by atoms with E-state index < -0.39 is 17.7 Å². The Morgan fingerprint density at radius 3 is 2.81 bits per heavy atom. The molecule has 1 amide bonds. The van der Waals surface area contributed by atoms with Crippen LogP contribution >= 0.6 is 0 Å². The first-order valence-electron chi connectivity index (χ1n) is 14.7. The van der Waals surface area contributed by atoms with Crippen LogP contribution in [0.25, 0.3) is 44.9 Å². The Bertz CT molecular complexity index is 2170. The molecule has 0 saturated heterocycles. The maximum absolute atomic E-state index is 13.0. The molecule has 9 heteroatoms. The highest BCUT2D eigenvalue weighted by molar-refractivity contribution is 6.07. The van der Waals surface area contributed by atoms with Gasteiger partial charge in [0.1, 0.15) is 17.2 Å². The monoisotopic (exact) mass is 567 g/mol. The Morgan fingerprint density at radius 2 is 1.88 bits per heavy atom. The molecule has 3 N–H and O–H groups in total. The molecule has 3 unspecified atom stereocenters. The molecule has 3 atom stereocenters. The summed E-state index contributed by atoms with van der Waals surface area (Å²) in [6, 6.07) is 18.5. The van der Waals surface area contributed by atoms with Crippen LogP contribution < -0.4 is 15.4 Å². The molecule has 0 radical (unpaired) electrons. The summed E-state index contributed by atoms with van der Waals surface area (Å²) in [5, 5.41) is 7.98. The van der Waals surface area contributed by atoms with Gasteiger partial charge in [-0.1, -0.05) is 49.4 Å². The van der Waals surface area contributed by atoms with Crippen molar-refractivity contribution in [3.63, 3.8) is 0 Å². The van der Waals surface area contributed by atoms with E-state index in [1.54, 1.807) is 6.20 Å². The number of hydrogen-bond acceptors (Lipinski definition) is 7. The van der Waals surface area contributed by atoms with E-state index in [9.17, 15) is 4.79 Å². The minimum absolute atomic E-state index is 0.0471. The fraction of sp³-hybridized carbons (Fsp3) is 0.206. The van der Waals surface area contributed by atoms with Gasteiger partial charge in [-0.3, -0.25) is 4.79 Å². The highest BCUT2D eigenvalue weighted by atomic mass is 16.5. The lowest BCUT2D eigenvalue weighted by Crippen LogP contribution is -2.40. The fourth-order valence-electron chi connectivity index (χ4n) is 7.55. The highest BCUT2D eigenvalue weighted by Crippen LogP contribution is 2.61. The zero-order valence-electron chi connectivity index (χ0n) is 23.2. The molecule has 6 aromatic rings. The molecule has 4 aliphatic rings.